The van der Waals surface area contributed by atoms with Crippen molar-refractivity contribution in [1.82, 2.24) is 0 Å². The molecule has 0 fully saturated rings. The zero-order chi connectivity index (χ0) is 22.6. The Morgan fingerprint density at radius 3 is 2.03 bits per heavy atom. The molecule has 2 aromatic carbocycles. The second-order valence-electron chi connectivity index (χ2n) is 9.66. The number of fused-ring (bicyclic) bond motifs is 3. The van der Waals surface area contributed by atoms with Crippen LogP contribution < -0.4 is 0 Å². The van der Waals surface area contributed by atoms with Crippen LogP contribution in [0.25, 0.3) is 11.1 Å². The third-order valence-corrected chi connectivity index (χ3v) is 17.5. The molecule has 0 radical (unpaired) electrons. The van der Waals surface area contributed by atoms with Crippen LogP contribution in [0.3, 0.4) is 0 Å². The van der Waals surface area contributed by atoms with Gasteiger partial charge < -0.3 is 0 Å². The average Bonchev–Trinajstić information content (AvgIpc) is 3.22. The third-order valence-electron chi connectivity index (χ3n) is 7.89. The van der Waals surface area contributed by atoms with Crippen LogP contribution in [0.15, 0.2) is 70.8 Å². The van der Waals surface area contributed by atoms with E-state index in [1.165, 1.54) is 41.5 Å². The molecule has 3 aliphatic rings. The predicted molar refractivity (Wildman–Crippen MR) is 139 cm³/mol. The fraction of sp³-hybridized carbons (Fsp3) is 0.393. The van der Waals surface area contributed by atoms with Crippen molar-refractivity contribution in [2.45, 2.75) is 62.2 Å². The molecule has 0 heterocycles. The number of allylic oxidation sites excluding steroid dienone is 4. The normalized spacial score (nSPS) is 22.6. The molecule has 3 aliphatic carbocycles. The third kappa shape index (κ3) is 3.60. The molecule has 32 heavy (non-hydrogen) atoms. The first-order valence-electron chi connectivity index (χ1n) is 11.9. The molecule has 0 aliphatic heterocycles. The Hall–Kier alpha value is -0.543. The predicted octanol–water partition coefficient (Wildman–Crippen LogP) is 8.86. The zero-order valence-corrected chi connectivity index (χ0v) is 25.5. The van der Waals surface area contributed by atoms with E-state index in [1.807, 2.05) is 5.17 Å². The molecule has 2 atom stereocenters. The van der Waals surface area contributed by atoms with Crippen molar-refractivity contribution in [1.29, 1.82) is 0 Å². The van der Waals surface area contributed by atoms with Crippen molar-refractivity contribution in [2.24, 2.45) is 5.92 Å². The van der Waals surface area contributed by atoms with E-state index in [9.17, 15) is 0 Å². The van der Waals surface area contributed by atoms with Gasteiger partial charge in [0.15, 0.2) is 0 Å². The first-order valence-corrected chi connectivity index (χ1v) is 25.4. The topological polar surface area (TPSA) is 0 Å². The molecule has 4 heteroatoms. The number of halogens is 2. The van der Waals surface area contributed by atoms with Gasteiger partial charge in [0, 0.05) is 0 Å². The number of hydrogen-bond acceptors (Lipinski definition) is 0. The van der Waals surface area contributed by atoms with Crippen LogP contribution >= 0.6 is 17.2 Å². The summed E-state index contributed by atoms with van der Waals surface area (Å²) < 4.78 is 0.379. The van der Waals surface area contributed by atoms with Crippen LogP contribution in [0.2, 0.25) is 16.8 Å². The van der Waals surface area contributed by atoms with Crippen molar-refractivity contribution in [3.8, 4) is 11.1 Å². The first-order chi connectivity index (χ1) is 15.5. The van der Waals surface area contributed by atoms with Crippen molar-refractivity contribution < 1.29 is 19.1 Å². The Labute approximate surface area is 209 Å². The van der Waals surface area contributed by atoms with Crippen LogP contribution in [0.1, 0.15) is 56.6 Å². The fourth-order valence-electron chi connectivity index (χ4n) is 6.67. The number of benzene rings is 2. The Morgan fingerprint density at radius 1 is 0.906 bits per heavy atom. The summed E-state index contributed by atoms with van der Waals surface area (Å²) in [6, 6.07) is 18.1. The molecule has 0 spiro atoms. The summed E-state index contributed by atoms with van der Waals surface area (Å²) >= 11 is -2.72. The minimum absolute atomic E-state index is 0.317. The summed E-state index contributed by atoms with van der Waals surface area (Å²) in [5.41, 5.74) is 12.2. The molecular weight excluding hydrogens is 614 g/mol. The molecule has 0 bridgehead atoms. The molecule has 0 N–H and O–H groups in total. The van der Waals surface area contributed by atoms with Gasteiger partial charge in [0.1, 0.15) is 0 Å². The Kier molecular flexibility index (Phi) is 6.71. The molecule has 0 amide bonds. The average molecular weight is 645 g/mol. The molecule has 0 aromatic heterocycles. The molecule has 0 saturated carbocycles. The van der Waals surface area contributed by atoms with Crippen LogP contribution in [0.5, 0.6) is 0 Å². The van der Waals surface area contributed by atoms with Crippen LogP contribution in [0.4, 0.5) is 0 Å². The van der Waals surface area contributed by atoms with Gasteiger partial charge in [-0.15, -0.1) is 0 Å². The van der Waals surface area contributed by atoms with Gasteiger partial charge in [0.2, 0.25) is 0 Å². The van der Waals surface area contributed by atoms with E-state index in [2.05, 4.69) is 75.5 Å². The van der Waals surface area contributed by atoms with E-state index in [-0.39, 0.29) is 0 Å². The monoisotopic (exact) mass is 645 g/mol. The van der Waals surface area contributed by atoms with Crippen molar-refractivity contribution >= 4 is 30.7 Å². The molecule has 0 nitrogen and oxygen atoms in total. The maximum absolute atomic E-state index is 6.96. The minimum atomic E-state index is -2.72. The van der Waals surface area contributed by atoms with E-state index >= 15 is 0 Å². The van der Waals surface area contributed by atoms with Crippen molar-refractivity contribution in [3.05, 3.63) is 82.0 Å². The fourth-order valence-corrected chi connectivity index (χ4v) is 16.9. The summed E-state index contributed by atoms with van der Waals surface area (Å²) in [5.74, 6) is 0.842. The summed E-state index contributed by atoms with van der Waals surface area (Å²) in [7, 11) is 13.5. The molecule has 2 aromatic rings. The van der Waals surface area contributed by atoms with Gasteiger partial charge in [0.25, 0.3) is 0 Å². The van der Waals surface area contributed by atoms with E-state index in [0.717, 1.165) is 6.42 Å². The Morgan fingerprint density at radius 2 is 1.50 bits per heavy atom. The molecule has 165 valence electrons. The Bertz CT molecular complexity index is 1120. The van der Waals surface area contributed by atoms with Crippen LogP contribution in [-0.2, 0) is 19.1 Å². The zero-order valence-electron chi connectivity index (χ0n) is 19.4. The van der Waals surface area contributed by atoms with Gasteiger partial charge in [0.05, 0.1) is 0 Å². The van der Waals surface area contributed by atoms with E-state index in [1.54, 1.807) is 22.3 Å². The van der Waals surface area contributed by atoms with Crippen molar-refractivity contribution in [3.63, 3.8) is 0 Å². The summed E-state index contributed by atoms with van der Waals surface area (Å²) in [6.45, 7) is 9.77. The van der Waals surface area contributed by atoms with Gasteiger partial charge in [-0.3, -0.25) is 0 Å². The van der Waals surface area contributed by atoms with E-state index < -0.39 is 27.5 Å². The van der Waals surface area contributed by atoms with Crippen LogP contribution in [-0.4, -0.2) is 13.6 Å². The van der Waals surface area contributed by atoms with E-state index in [0.29, 0.717) is 15.5 Å². The summed E-state index contributed by atoms with van der Waals surface area (Å²) in [6.07, 6.45) is 4.78. The molecular formula is C28H31Cl2HfSi. The standard InChI is InChI=1S/C28H31Si.2ClH.Hf/c1-5-19-17-20-11-10-16-25(29(3)4)18(2)26(20)27(19)28-23-14-8-6-12-21(23)22-13-7-9-15-24(22)28;;;/h6-9,12-15,17-18,28H,5,10-11,16H2,1-4H3;2*1H;/q;;;+2/p-2. The van der Waals surface area contributed by atoms with Gasteiger partial charge in [-0.25, -0.2) is 0 Å². The number of hydrogen-bond donors (Lipinski definition) is 0. The van der Waals surface area contributed by atoms with Gasteiger partial charge in [-0.1, -0.05) is 0 Å². The second-order valence-corrected chi connectivity index (χ2v) is 24.7. The first kappa shape index (κ1) is 23.2. The Balaban J connectivity index is 1.81. The maximum atomic E-state index is 6.96. The van der Waals surface area contributed by atoms with Gasteiger partial charge >= 0.3 is 211 Å². The number of rotatable bonds is 3. The van der Waals surface area contributed by atoms with E-state index in [4.69, 9.17) is 17.2 Å². The van der Waals surface area contributed by atoms with Gasteiger partial charge in [-0.05, 0) is 0 Å². The quantitative estimate of drug-likeness (QED) is 0.293. The molecule has 0 saturated heterocycles. The summed E-state index contributed by atoms with van der Waals surface area (Å²) in [4.78, 5) is 0. The second kappa shape index (κ2) is 9.25. The molecule has 5 rings (SSSR count). The molecule has 2 unspecified atom stereocenters. The SMILES string of the molecule is CCC1=C(C2c3ccccc3-c3ccccc32)C2=C(CCCC(=[Si](C)C)C2C)[CH]1[Hf]([Cl])[Cl]. The van der Waals surface area contributed by atoms with Crippen LogP contribution in [0, 0.1) is 5.92 Å². The summed E-state index contributed by atoms with van der Waals surface area (Å²) in [5, 5.41) is 1.81. The van der Waals surface area contributed by atoms with Gasteiger partial charge in [-0.2, -0.15) is 0 Å². The van der Waals surface area contributed by atoms with Crippen molar-refractivity contribution in [2.75, 3.05) is 0 Å².